The van der Waals surface area contributed by atoms with Crippen LogP contribution in [0.15, 0.2) is 22.7 Å². The molecule has 2 N–H and O–H groups in total. The van der Waals surface area contributed by atoms with Crippen LogP contribution < -0.4 is 5.73 Å². The van der Waals surface area contributed by atoms with E-state index in [2.05, 4.69) is 34.9 Å². The smallest absolute Gasteiger partial charge is 0.128 e. The largest absolute Gasteiger partial charge is 0.326 e. The molecule has 108 valence electrons. The van der Waals surface area contributed by atoms with E-state index < -0.39 is 0 Å². The number of rotatable bonds is 5. The van der Waals surface area contributed by atoms with Crippen LogP contribution in [-0.2, 0) is 25.9 Å². The molecule has 0 spiro atoms. The van der Waals surface area contributed by atoms with Crippen molar-refractivity contribution >= 4 is 15.9 Å². The van der Waals surface area contributed by atoms with E-state index in [1.54, 1.807) is 12.1 Å². The standard InChI is InChI=1S/C15H19BrFN3/c1-3-14-12(8-18)15(4-2)20(19-14)9-10-7-11(16)5-6-13(10)17/h5-7H,3-4,8-9,18H2,1-2H3. The molecular weight excluding hydrogens is 321 g/mol. The van der Waals surface area contributed by atoms with Crippen LogP contribution in [0, 0.1) is 5.82 Å². The maximum Gasteiger partial charge on any atom is 0.128 e. The molecule has 0 radical (unpaired) electrons. The van der Waals surface area contributed by atoms with Gasteiger partial charge in [0.15, 0.2) is 0 Å². The number of nitrogens with zero attached hydrogens (tertiary/aromatic N) is 2. The van der Waals surface area contributed by atoms with Crippen LogP contribution in [0.25, 0.3) is 0 Å². The second kappa shape index (κ2) is 6.50. The molecule has 5 heteroatoms. The topological polar surface area (TPSA) is 43.8 Å². The molecule has 0 saturated heterocycles. The summed E-state index contributed by atoms with van der Waals surface area (Å²) in [5.41, 5.74) is 9.67. The molecule has 0 aliphatic rings. The van der Waals surface area contributed by atoms with Crippen LogP contribution >= 0.6 is 15.9 Å². The first-order valence-corrected chi connectivity index (χ1v) is 7.61. The number of halogens is 2. The van der Waals surface area contributed by atoms with Gasteiger partial charge in [0.2, 0.25) is 0 Å². The van der Waals surface area contributed by atoms with Crippen LogP contribution in [0.4, 0.5) is 4.39 Å². The summed E-state index contributed by atoms with van der Waals surface area (Å²) in [6.45, 7) is 5.04. The van der Waals surface area contributed by atoms with E-state index in [-0.39, 0.29) is 5.82 Å². The highest BCUT2D eigenvalue weighted by Crippen LogP contribution is 2.20. The minimum atomic E-state index is -0.210. The van der Waals surface area contributed by atoms with Gasteiger partial charge in [-0.2, -0.15) is 5.10 Å². The Bertz CT molecular complexity index is 607. The van der Waals surface area contributed by atoms with E-state index in [9.17, 15) is 4.39 Å². The van der Waals surface area contributed by atoms with Crippen LogP contribution in [-0.4, -0.2) is 9.78 Å². The molecular formula is C15H19BrFN3. The molecule has 1 heterocycles. The van der Waals surface area contributed by atoms with Crippen molar-refractivity contribution in [2.45, 2.75) is 39.8 Å². The third kappa shape index (κ3) is 2.94. The number of nitrogens with two attached hydrogens (primary N) is 1. The average molecular weight is 340 g/mol. The third-order valence-electron chi connectivity index (χ3n) is 3.45. The molecule has 3 nitrogen and oxygen atoms in total. The second-order valence-electron chi connectivity index (χ2n) is 4.68. The van der Waals surface area contributed by atoms with Crippen molar-refractivity contribution in [3.63, 3.8) is 0 Å². The van der Waals surface area contributed by atoms with Crippen molar-refractivity contribution in [1.29, 1.82) is 0 Å². The Balaban J connectivity index is 2.42. The number of aryl methyl sites for hydroxylation is 1. The van der Waals surface area contributed by atoms with Gasteiger partial charge in [-0.3, -0.25) is 4.68 Å². The molecule has 0 aliphatic carbocycles. The molecule has 0 aliphatic heterocycles. The monoisotopic (exact) mass is 339 g/mol. The number of aromatic nitrogens is 2. The quantitative estimate of drug-likeness (QED) is 0.906. The summed E-state index contributed by atoms with van der Waals surface area (Å²) in [4.78, 5) is 0. The minimum absolute atomic E-state index is 0.210. The molecule has 0 fully saturated rings. The van der Waals surface area contributed by atoms with Crippen LogP contribution in [0.5, 0.6) is 0 Å². The van der Waals surface area contributed by atoms with Crippen LogP contribution in [0.1, 0.15) is 36.4 Å². The Morgan fingerprint density at radius 1 is 1.30 bits per heavy atom. The molecule has 1 aromatic carbocycles. The Kier molecular flexibility index (Phi) is 4.94. The molecule has 1 aromatic heterocycles. The fraction of sp³-hybridized carbons (Fsp3) is 0.400. The fourth-order valence-corrected chi connectivity index (χ4v) is 2.87. The predicted molar refractivity (Wildman–Crippen MR) is 82.1 cm³/mol. The highest BCUT2D eigenvalue weighted by atomic mass is 79.9. The Hall–Kier alpha value is -1.20. The van der Waals surface area contributed by atoms with Gasteiger partial charge in [0.05, 0.1) is 12.2 Å². The van der Waals surface area contributed by atoms with E-state index in [4.69, 9.17) is 5.73 Å². The van der Waals surface area contributed by atoms with Gasteiger partial charge in [0, 0.05) is 27.8 Å². The number of hydrogen-bond donors (Lipinski definition) is 1. The SMILES string of the molecule is CCc1nn(Cc2cc(Br)ccc2F)c(CC)c1CN. The maximum atomic E-state index is 13.9. The van der Waals surface area contributed by atoms with Crippen molar-refractivity contribution in [1.82, 2.24) is 9.78 Å². The van der Waals surface area contributed by atoms with Crippen LogP contribution in [0.2, 0.25) is 0 Å². The lowest BCUT2D eigenvalue weighted by atomic mass is 10.1. The first kappa shape index (κ1) is 15.2. The summed E-state index contributed by atoms with van der Waals surface area (Å²) in [5.74, 6) is -0.210. The summed E-state index contributed by atoms with van der Waals surface area (Å²) >= 11 is 3.38. The first-order valence-electron chi connectivity index (χ1n) is 6.82. The van der Waals surface area contributed by atoms with Gasteiger partial charge in [-0.05, 0) is 31.0 Å². The van der Waals surface area contributed by atoms with Crippen molar-refractivity contribution < 1.29 is 4.39 Å². The zero-order valence-electron chi connectivity index (χ0n) is 11.8. The second-order valence-corrected chi connectivity index (χ2v) is 5.59. The van der Waals surface area contributed by atoms with E-state index >= 15 is 0 Å². The molecule has 0 amide bonds. The van der Waals surface area contributed by atoms with Crippen molar-refractivity contribution in [2.75, 3.05) is 0 Å². The van der Waals surface area contributed by atoms with E-state index in [0.717, 1.165) is 34.3 Å². The van der Waals surface area contributed by atoms with Crippen molar-refractivity contribution in [2.24, 2.45) is 5.73 Å². The third-order valence-corrected chi connectivity index (χ3v) is 3.94. The zero-order chi connectivity index (χ0) is 14.7. The van der Waals surface area contributed by atoms with Gasteiger partial charge < -0.3 is 5.73 Å². The van der Waals surface area contributed by atoms with Gasteiger partial charge in [-0.15, -0.1) is 0 Å². The maximum absolute atomic E-state index is 13.9. The van der Waals surface area contributed by atoms with Gasteiger partial charge in [-0.1, -0.05) is 29.8 Å². The van der Waals surface area contributed by atoms with E-state index in [1.165, 1.54) is 6.07 Å². The highest BCUT2D eigenvalue weighted by molar-refractivity contribution is 9.10. The van der Waals surface area contributed by atoms with E-state index in [1.807, 2.05) is 4.68 Å². The van der Waals surface area contributed by atoms with Crippen LogP contribution in [0.3, 0.4) is 0 Å². The summed E-state index contributed by atoms with van der Waals surface area (Å²) in [6.07, 6.45) is 1.68. The minimum Gasteiger partial charge on any atom is -0.326 e. The summed E-state index contributed by atoms with van der Waals surface area (Å²) in [5, 5.41) is 4.59. The zero-order valence-corrected chi connectivity index (χ0v) is 13.4. The van der Waals surface area contributed by atoms with Gasteiger partial charge in [-0.25, -0.2) is 4.39 Å². The molecule has 0 bridgehead atoms. The average Bonchev–Trinajstić information content (AvgIpc) is 2.79. The fourth-order valence-electron chi connectivity index (χ4n) is 2.46. The molecule has 0 saturated carbocycles. The summed E-state index contributed by atoms with van der Waals surface area (Å²) < 4.78 is 16.6. The van der Waals surface area contributed by atoms with Gasteiger partial charge >= 0.3 is 0 Å². The van der Waals surface area contributed by atoms with Crippen molar-refractivity contribution in [3.05, 3.63) is 51.0 Å². The van der Waals surface area contributed by atoms with Gasteiger partial charge in [0.25, 0.3) is 0 Å². The molecule has 2 aromatic rings. The van der Waals surface area contributed by atoms with Crippen molar-refractivity contribution in [3.8, 4) is 0 Å². The lowest BCUT2D eigenvalue weighted by Gasteiger charge is -2.08. The molecule has 0 unspecified atom stereocenters. The normalized spacial score (nSPS) is 11.1. The lowest BCUT2D eigenvalue weighted by Crippen LogP contribution is -2.09. The predicted octanol–water partition coefficient (Wildman–Crippen LogP) is 3.42. The highest BCUT2D eigenvalue weighted by Gasteiger charge is 2.15. The Labute approximate surface area is 127 Å². The van der Waals surface area contributed by atoms with E-state index in [0.29, 0.717) is 18.7 Å². The van der Waals surface area contributed by atoms with Gasteiger partial charge in [0.1, 0.15) is 5.82 Å². The summed E-state index contributed by atoms with van der Waals surface area (Å²) in [6, 6.07) is 4.97. The Morgan fingerprint density at radius 2 is 2.05 bits per heavy atom. The number of benzene rings is 1. The first-order chi connectivity index (χ1) is 9.60. The lowest BCUT2D eigenvalue weighted by molar-refractivity contribution is 0.573. The molecule has 2 rings (SSSR count). The molecule has 0 atom stereocenters. The number of hydrogen-bond acceptors (Lipinski definition) is 2. The molecule has 20 heavy (non-hydrogen) atoms. The Morgan fingerprint density at radius 3 is 2.65 bits per heavy atom. The summed E-state index contributed by atoms with van der Waals surface area (Å²) in [7, 11) is 0.